The lowest BCUT2D eigenvalue weighted by molar-refractivity contribution is -0.117. The molecule has 29 heavy (non-hydrogen) atoms. The fourth-order valence-electron chi connectivity index (χ4n) is 2.89. The van der Waals surface area contributed by atoms with Gasteiger partial charge in [0.2, 0.25) is 15.9 Å². The third-order valence-electron chi connectivity index (χ3n) is 4.16. The minimum atomic E-state index is -3.90. The van der Waals surface area contributed by atoms with E-state index in [9.17, 15) is 18.0 Å². The number of para-hydroxylation sites is 1. The Labute approximate surface area is 174 Å². The first-order chi connectivity index (χ1) is 13.6. The highest BCUT2D eigenvalue weighted by Gasteiger charge is 2.34. The lowest BCUT2D eigenvalue weighted by atomic mass is 10.1. The number of amides is 2. The van der Waals surface area contributed by atoms with E-state index in [2.05, 4.69) is 5.32 Å². The van der Waals surface area contributed by atoms with Gasteiger partial charge in [-0.1, -0.05) is 30.7 Å². The topological polar surface area (TPSA) is 119 Å². The Morgan fingerprint density at radius 1 is 1.24 bits per heavy atom. The first kappa shape index (κ1) is 22.5. The Kier molecular flexibility index (Phi) is 7.10. The van der Waals surface area contributed by atoms with Crippen molar-refractivity contribution in [3.63, 3.8) is 0 Å². The van der Waals surface area contributed by atoms with Gasteiger partial charge in [-0.25, -0.2) is 8.42 Å². The molecule has 0 spiro atoms. The zero-order chi connectivity index (χ0) is 21.8. The van der Waals surface area contributed by atoms with Crippen molar-refractivity contribution < 1.29 is 22.7 Å². The van der Waals surface area contributed by atoms with Gasteiger partial charge < -0.3 is 15.8 Å². The van der Waals surface area contributed by atoms with Crippen molar-refractivity contribution in [1.29, 1.82) is 0 Å². The van der Waals surface area contributed by atoms with Crippen LogP contribution in [-0.2, 0) is 14.8 Å². The number of carbonyl (C=O) groups excluding carboxylic acids is 2. The van der Waals surface area contributed by atoms with Crippen molar-refractivity contribution in [2.75, 3.05) is 23.0 Å². The minimum Gasteiger partial charge on any atom is -0.495 e. The van der Waals surface area contributed by atoms with Crippen molar-refractivity contribution >= 4 is 44.8 Å². The molecule has 2 aromatic carbocycles. The van der Waals surface area contributed by atoms with Crippen LogP contribution in [-0.4, -0.2) is 39.6 Å². The number of ether oxygens (including phenoxy) is 1. The Balaban J connectivity index is 2.52. The van der Waals surface area contributed by atoms with Gasteiger partial charge in [0.25, 0.3) is 5.91 Å². The lowest BCUT2D eigenvalue weighted by Crippen LogP contribution is -2.47. The predicted molar refractivity (Wildman–Crippen MR) is 113 cm³/mol. The van der Waals surface area contributed by atoms with E-state index in [0.29, 0.717) is 0 Å². The fourth-order valence-corrected chi connectivity index (χ4v) is 4.27. The number of halogens is 1. The number of nitrogens with two attached hydrogens (primary N) is 1. The Morgan fingerprint density at radius 3 is 2.45 bits per heavy atom. The maximum atomic E-state index is 13.0. The van der Waals surface area contributed by atoms with E-state index >= 15 is 0 Å². The van der Waals surface area contributed by atoms with Gasteiger partial charge in [0.05, 0.1) is 30.3 Å². The molecular formula is C19H22ClN3O5S. The first-order valence-electron chi connectivity index (χ1n) is 8.62. The van der Waals surface area contributed by atoms with Crippen LogP contribution < -0.4 is 20.1 Å². The standard InChI is InChI=1S/C19H22ClN3O5S/c1-4-15(19(25)22-14-8-6-5-7-13(14)18(21)24)23(29(3,26)27)16-11-12(20)9-10-17(16)28-2/h5-11,15H,4H2,1-3H3,(H2,21,24)(H,22,25). The van der Waals surface area contributed by atoms with Crippen LogP contribution in [0.2, 0.25) is 5.02 Å². The van der Waals surface area contributed by atoms with Crippen LogP contribution in [0, 0.1) is 0 Å². The molecule has 0 radical (unpaired) electrons. The average molecular weight is 440 g/mol. The summed E-state index contributed by atoms with van der Waals surface area (Å²) < 4.78 is 31.5. The maximum absolute atomic E-state index is 13.0. The van der Waals surface area contributed by atoms with Gasteiger partial charge in [-0.15, -0.1) is 0 Å². The third-order valence-corrected chi connectivity index (χ3v) is 5.56. The van der Waals surface area contributed by atoms with Crippen molar-refractivity contribution in [2.24, 2.45) is 5.73 Å². The molecule has 1 atom stereocenters. The van der Waals surface area contributed by atoms with E-state index in [1.807, 2.05) is 0 Å². The number of rotatable bonds is 8. The quantitative estimate of drug-likeness (QED) is 0.655. The number of benzene rings is 2. The van der Waals surface area contributed by atoms with Gasteiger partial charge in [0.1, 0.15) is 11.8 Å². The number of methoxy groups -OCH3 is 1. The molecule has 0 heterocycles. The van der Waals surface area contributed by atoms with E-state index in [4.69, 9.17) is 22.1 Å². The molecule has 156 valence electrons. The van der Waals surface area contributed by atoms with E-state index in [-0.39, 0.29) is 34.1 Å². The number of primary amides is 1. The molecule has 0 bridgehead atoms. The second-order valence-electron chi connectivity index (χ2n) is 6.20. The molecule has 0 saturated carbocycles. The fraction of sp³-hybridized carbons (Fsp3) is 0.263. The van der Waals surface area contributed by atoms with Gasteiger partial charge in [-0.2, -0.15) is 0 Å². The molecule has 2 aromatic rings. The predicted octanol–water partition coefficient (Wildman–Crippen LogP) is 2.63. The number of hydrogen-bond acceptors (Lipinski definition) is 5. The summed E-state index contributed by atoms with van der Waals surface area (Å²) in [6.45, 7) is 1.67. The minimum absolute atomic E-state index is 0.113. The molecule has 0 aliphatic carbocycles. The second-order valence-corrected chi connectivity index (χ2v) is 8.49. The number of nitrogens with one attached hydrogen (secondary N) is 1. The monoisotopic (exact) mass is 439 g/mol. The summed E-state index contributed by atoms with van der Waals surface area (Å²) in [7, 11) is -2.51. The Bertz CT molecular complexity index is 1030. The van der Waals surface area contributed by atoms with E-state index in [1.54, 1.807) is 25.1 Å². The number of carbonyl (C=O) groups is 2. The number of sulfonamides is 1. The van der Waals surface area contributed by atoms with Crippen LogP contribution in [0.3, 0.4) is 0 Å². The molecule has 10 heteroatoms. The highest BCUT2D eigenvalue weighted by molar-refractivity contribution is 7.92. The van der Waals surface area contributed by atoms with Crippen LogP contribution in [0.5, 0.6) is 5.75 Å². The number of nitrogens with zero attached hydrogens (tertiary/aromatic N) is 1. The summed E-state index contributed by atoms with van der Waals surface area (Å²) >= 11 is 6.05. The molecule has 8 nitrogen and oxygen atoms in total. The van der Waals surface area contributed by atoms with Crippen LogP contribution >= 0.6 is 11.6 Å². The van der Waals surface area contributed by atoms with E-state index < -0.39 is 27.9 Å². The van der Waals surface area contributed by atoms with Gasteiger partial charge in [0.15, 0.2) is 0 Å². The van der Waals surface area contributed by atoms with Crippen molar-refractivity contribution in [1.82, 2.24) is 0 Å². The molecule has 3 N–H and O–H groups in total. The average Bonchev–Trinajstić information content (AvgIpc) is 2.65. The Morgan fingerprint density at radius 2 is 1.90 bits per heavy atom. The second kappa shape index (κ2) is 9.15. The van der Waals surface area contributed by atoms with Gasteiger partial charge >= 0.3 is 0 Å². The molecule has 2 rings (SSSR count). The molecule has 0 saturated heterocycles. The zero-order valence-electron chi connectivity index (χ0n) is 16.2. The molecule has 0 aromatic heterocycles. The molecule has 0 aliphatic rings. The Hall–Kier alpha value is -2.78. The summed E-state index contributed by atoms with van der Waals surface area (Å²) in [6.07, 6.45) is 1.13. The van der Waals surface area contributed by atoms with Gasteiger partial charge in [-0.3, -0.25) is 13.9 Å². The van der Waals surface area contributed by atoms with Crippen LogP contribution in [0.25, 0.3) is 0 Å². The summed E-state index contributed by atoms with van der Waals surface area (Å²) in [6, 6.07) is 9.55. The molecule has 2 amide bonds. The maximum Gasteiger partial charge on any atom is 0.250 e. The molecule has 1 unspecified atom stereocenters. The smallest absolute Gasteiger partial charge is 0.250 e. The summed E-state index contributed by atoms with van der Waals surface area (Å²) in [5, 5.41) is 2.88. The highest BCUT2D eigenvalue weighted by Crippen LogP contribution is 2.35. The van der Waals surface area contributed by atoms with Crippen LogP contribution in [0.15, 0.2) is 42.5 Å². The van der Waals surface area contributed by atoms with Crippen molar-refractivity contribution in [3.05, 3.63) is 53.1 Å². The summed E-state index contributed by atoms with van der Waals surface area (Å²) in [5.74, 6) is -1.11. The van der Waals surface area contributed by atoms with Crippen molar-refractivity contribution in [3.8, 4) is 5.75 Å². The highest BCUT2D eigenvalue weighted by atomic mass is 35.5. The van der Waals surface area contributed by atoms with Gasteiger partial charge in [0, 0.05) is 5.02 Å². The van der Waals surface area contributed by atoms with E-state index in [1.165, 1.54) is 31.4 Å². The van der Waals surface area contributed by atoms with Crippen LogP contribution in [0.1, 0.15) is 23.7 Å². The number of anilines is 2. The molecular weight excluding hydrogens is 418 g/mol. The zero-order valence-corrected chi connectivity index (χ0v) is 17.8. The van der Waals surface area contributed by atoms with Crippen LogP contribution in [0.4, 0.5) is 11.4 Å². The third kappa shape index (κ3) is 5.18. The summed E-state index contributed by atoms with van der Waals surface area (Å²) in [5.41, 5.74) is 5.78. The number of hydrogen-bond donors (Lipinski definition) is 2. The SMILES string of the molecule is CCC(C(=O)Nc1ccccc1C(N)=O)N(c1cc(Cl)ccc1OC)S(C)(=O)=O. The largest absolute Gasteiger partial charge is 0.495 e. The van der Waals surface area contributed by atoms with Crippen molar-refractivity contribution in [2.45, 2.75) is 19.4 Å². The normalized spacial score (nSPS) is 12.1. The van der Waals surface area contributed by atoms with Gasteiger partial charge in [-0.05, 0) is 36.8 Å². The molecule has 0 aliphatic heterocycles. The summed E-state index contributed by atoms with van der Waals surface area (Å²) in [4.78, 5) is 24.6. The van der Waals surface area contributed by atoms with E-state index in [0.717, 1.165) is 10.6 Å². The molecule has 0 fully saturated rings. The first-order valence-corrected chi connectivity index (χ1v) is 10.8. The lowest BCUT2D eigenvalue weighted by Gasteiger charge is -2.31.